The summed E-state index contributed by atoms with van der Waals surface area (Å²) in [5.74, 6) is -0.545. The zero-order chi connectivity index (χ0) is 11.4. The molecule has 1 rings (SSSR count). The smallest absolute Gasteiger partial charge is 0.443 e. The van der Waals surface area contributed by atoms with Crippen molar-refractivity contribution in [2.24, 2.45) is 0 Å². The third kappa shape index (κ3) is 3.55. The molecular formula is C9H10BClO4. The maximum Gasteiger partial charge on any atom is 0.488 e. The summed E-state index contributed by atoms with van der Waals surface area (Å²) in [5.41, 5.74) is -0.0713. The Labute approximate surface area is 92.6 Å². The third-order valence-electron chi connectivity index (χ3n) is 1.71. The fourth-order valence-corrected chi connectivity index (χ4v) is 1.09. The molecular weight excluding hydrogens is 218 g/mol. The van der Waals surface area contributed by atoms with Gasteiger partial charge in [-0.1, -0.05) is 23.7 Å². The van der Waals surface area contributed by atoms with Crippen LogP contribution in [-0.4, -0.2) is 28.7 Å². The molecule has 0 aliphatic rings. The lowest BCUT2D eigenvalue weighted by atomic mass is 9.80. The van der Waals surface area contributed by atoms with Gasteiger partial charge in [0.1, 0.15) is 0 Å². The van der Waals surface area contributed by atoms with Crippen LogP contribution < -0.4 is 5.46 Å². The predicted molar refractivity (Wildman–Crippen MR) is 57.0 cm³/mol. The zero-order valence-corrected chi connectivity index (χ0v) is 8.81. The van der Waals surface area contributed by atoms with E-state index in [-0.39, 0.29) is 0 Å². The minimum Gasteiger partial charge on any atom is -0.443 e. The van der Waals surface area contributed by atoms with Crippen LogP contribution in [0.15, 0.2) is 24.3 Å². The van der Waals surface area contributed by atoms with Crippen LogP contribution in [0.5, 0.6) is 0 Å². The molecule has 15 heavy (non-hydrogen) atoms. The number of hydrogen-bond acceptors (Lipinski definition) is 4. The van der Waals surface area contributed by atoms with E-state index in [1.165, 1.54) is 31.2 Å². The second-order valence-corrected chi connectivity index (χ2v) is 3.56. The average Bonchev–Trinajstić information content (AvgIpc) is 2.17. The number of ether oxygens (including phenoxy) is 1. The fraction of sp³-hybridized carbons (Fsp3) is 0.222. The maximum absolute atomic E-state index is 11.3. The molecule has 0 aliphatic carbocycles. The standard InChI is InChI=1S/C9H10BClO4/c1-6(11)15-9(12)7-2-4-8(5-3-7)10(13)14/h2-6,13-14H,1H3/t6-/m1/s1. The summed E-state index contributed by atoms with van der Waals surface area (Å²) < 4.78 is 4.74. The van der Waals surface area contributed by atoms with Crippen molar-refractivity contribution in [3.63, 3.8) is 0 Å². The molecule has 2 N–H and O–H groups in total. The topological polar surface area (TPSA) is 66.8 Å². The van der Waals surface area contributed by atoms with Crippen LogP contribution in [-0.2, 0) is 4.74 Å². The highest BCUT2D eigenvalue weighted by Gasteiger charge is 2.13. The van der Waals surface area contributed by atoms with Gasteiger partial charge in [-0.15, -0.1) is 0 Å². The second-order valence-electron chi connectivity index (χ2n) is 2.94. The van der Waals surface area contributed by atoms with Crippen LogP contribution >= 0.6 is 11.6 Å². The molecule has 0 amide bonds. The van der Waals surface area contributed by atoms with Gasteiger partial charge >= 0.3 is 13.1 Å². The minimum atomic E-state index is -1.54. The van der Waals surface area contributed by atoms with Gasteiger partial charge in [0, 0.05) is 0 Å². The Bertz CT molecular complexity index is 336. The van der Waals surface area contributed by atoms with Crippen molar-refractivity contribution >= 4 is 30.2 Å². The van der Waals surface area contributed by atoms with Crippen molar-refractivity contribution in [3.05, 3.63) is 29.8 Å². The molecule has 0 heterocycles. The van der Waals surface area contributed by atoms with Gasteiger partial charge in [-0.25, -0.2) is 4.79 Å². The van der Waals surface area contributed by atoms with E-state index in [0.717, 1.165) is 0 Å². The van der Waals surface area contributed by atoms with Crippen molar-refractivity contribution in [1.82, 2.24) is 0 Å². The predicted octanol–water partition coefficient (Wildman–Crippen LogP) is 0.108. The Hall–Kier alpha value is -1.04. The molecule has 1 aromatic carbocycles. The Balaban J connectivity index is 2.75. The van der Waals surface area contributed by atoms with Crippen molar-refractivity contribution in [1.29, 1.82) is 0 Å². The van der Waals surface area contributed by atoms with E-state index in [0.29, 0.717) is 11.0 Å². The van der Waals surface area contributed by atoms with E-state index in [1.54, 1.807) is 0 Å². The lowest BCUT2D eigenvalue weighted by Crippen LogP contribution is -2.29. The molecule has 0 saturated carbocycles. The van der Waals surface area contributed by atoms with Gasteiger partial charge < -0.3 is 14.8 Å². The summed E-state index contributed by atoms with van der Waals surface area (Å²) in [4.78, 5) is 11.3. The number of halogens is 1. The zero-order valence-electron chi connectivity index (χ0n) is 8.05. The Morgan fingerprint density at radius 1 is 1.40 bits per heavy atom. The van der Waals surface area contributed by atoms with Crippen molar-refractivity contribution in [2.45, 2.75) is 12.5 Å². The largest absolute Gasteiger partial charge is 0.488 e. The first-order chi connectivity index (χ1) is 7.00. The highest BCUT2D eigenvalue weighted by atomic mass is 35.5. The summed E-state index contributed by atoms with van der Waals surface area (Å²) >= 11 is 5.48. The number of benzene rings is 1. The number of rotatable bonds is 3. The highest BCUT2D eigenvalue weighted by Crippen LogP contribution is 2.05. The van der Waals surface area contributed by atoms with Gasteiger partial charge in [0.2, 0.25) is 0 Å². The molecule has 0 fully saturated rings. The average molecular weight is 228 g/mol. The van der Waals surface area contributed by atoms with E-state index >= 15 is 0 Å². The number of alkyl halides is 1. The van der Waals surface area contributed by atoms with Crippen molar-refractivity contribution < 1.29 is 19.6 Å². The van der Waals surface area contributed by atoms with Gasteiger partial charge in [0.15, 0.2) is 5.56 Å². The summed E-state index contributed by atoms with van der Waals surface area (Å²) in [6.07, 6.45) is 0. The summed E-state index contributed by atoms with van der Waals surface area (Å²) in [6, 6.07) is 5.74. The van der Waals surface area contributed by atoms with Gasteiger partial charge in [-0.2, -0.15) is 0 Å². The van der Waals surface area contributed by atoms with E-state index in [1.807, 2.05) is 0 Å². The van der Waals surface area contributed by atoms with E-state index in [2.05, 4.69) is 0 Å². The van der Waals surface area contributed by atoms with Crippen LogP contribution in [0.4, 0.5) is 0 Å². The van der Waals surface area contributed by atoms with Gasteiger partial charge in [0.05, 0.1) is 5.56 Å². The van der Waals surface area contributed by atoms with Crippen LogP contribution in [0.1, 0.15) is 17.3 Å². The summed E-state index contributed by atoms with van der Waals surface area (Å²) in [7, 11) is -1.54. The molecule has 6 heteroatoms. The molecule has 1 aromatic rings. The number of carbonyl (C=O) groups is 1. The van der Waals surface area contributed by atoms with Gasteiger partial charge in [-0.3, -0.25) is 0 Å². The van der Waals surface area contributed by atoms with E-state index < -0.39 is 18.7 Å². The normalized spacial score (nSPS) is 12.0. The molecule has 0 bridgehead atoms. The Kier molecular flexibility index (Phi) is 4.14. The Morgan fingerprint density at radius 3 is 2.33 bits per heavy atom. The number of hydrogen-bond donors (Lipinski definition) is 2. The first kappa shape index (κ1) is 12.0. The molecule has 0 spiro atoms. The highest BCUT2D eigenvalue weighted by molar-refractivity contribution is 6.58. The third-order valence-corrected chi connectivity index (χ3v) is 1.80. The first-order valence-corrected chi connectivity index (χ1v) is 4.75. The quantitative estimate of drug-likeness (QED) is 0.438. The van der Waals surface area contributed by atoms with Crippen molar-refractivity contribution in [2.75, 3.05) is 0 Å². The minimum absolute atomic E-state index is 0.311. The maximum atomic E-state index is 11.3. The summed E-state index contributed by atoms with van der Waals surface area (Å²) in [5, 5.41) is 17.6. The fourth-order valence-electron chi connectivity index (χ4n) is 1.01. The molecule has 0 aromatic heterocycles. The second kappa shape index (κ2) is 5.16. The van der Waals surface area contributed by atoms with Gasteiger partial charge in [-0.05, 0) is 24.5 Å². The number of esters is 1. The molecule has 4 nitrogen and oxygen atoms in total. The van der Waals surface area contributed by atoms with Gasteiger partial charge in [0.25, 0.3) is 0 Å². The van der Waals surface area contributed by atoms with E-state index in [4.69, 9.17) is 26.4 Å². The number of carbonyl (C=O) groups excluding carboxylic acids is 1. The molecule has 0 saturated heterocycles. The summed E-state index contributed by atoms with van der Waals surface area (Å²) in [6.45, 7) is 1.53. The molecule has 0 radical (unpaired) electrons. The van der Waals surface area contributed by atoms with Crippen molar-refractivity contribution in [3.8, 4) is 0 Å². The SMILES string of the molecule is C[C@H](Cl)OC(=O)c1ccc(B(O)O)cc1. The molecule has 0 unspecified atom stereocenters. The lowest BCUT2D eigenvalue weighted by molar-refractivity contribution is 0.0472. The van der Waals surface area contributed by atoms with Crippen LogP contribution in [0, 0.1) is 0 Å². The van der Waals surface area contributed by atoms with E-state index in [9.17, 15) is 4.79 Å². The van der Waals surface area contributed by atoms with Crippen LogP contribution in [0.2, 0.25) is 0 Å². The molecule has 80 valence electrons. The van der Waals surface area contributed by atoms with Crippen LogP contribution in [0.3, 0.4) is 0 Å². The monoisotopic (exact) mass is 228 g/mol. The lowest BCUT2D eigenvalue weighted by Gasteiger charge is -2.06. The molecule has 0 aliphatic heterocycles. The van der Waals surface area contributed by atoms with Crippen LogP contribution in [0.25, 0.3) is 0 Å². The Morgan fingerprint density at radius 2 is 1.93 bits per heavy atom. The first-order valence-electron chi connectivity index (χ1n) is 4.32. The molecule has 1 atom stereocenters.